The van der Waals surface area contributed by atoms with Crippen molar-refractivity contribution in [1.29, 1.82) is 5.26 Å². The Bertz CT molecular complexity index is 1190. The van der Waals surface area contributed by atoms with Crippen molar-refractivity contribution in [3.63, 3.8) is 0 Å². The minimum absolute atomic E-state index is 0.0823. The first-order valence-electron chi connectivity index (χ1n) is 9.72. The van der Waals surface area contributed by atoms with Crippen LogP contribution < -0.4 is 15.9 Å². The maximum Gasteiger partial charge on any atom is 0.229 e. The van der Waals surface area contributed by atoms with Crippen LogP contribution in [0, 0.1) is 11.5 Å². The summed E-state index contributed by atoms with van der Waals surface area (Å²) in [5.41, 5.74) is 5.01. The summed E-state index contributed by atoms with van der Waals surface area (Å²) in [6.07, 6.45) is -4.50. The summed E-state index contributed by atoms with van der Waals surface area (Å²) in [7, 11) is 0. The van der Waals surface area contributed by atoms with Crippen molar-refractivity contribution in [2.75, 3.05) is 6.61 Å². The summed E-state index contributed by atoms with van der Waals surface area (Å²) < 4.78 is 16.4. The Morgan fingerprint density at radius 3 is 2.36 bits per heavy atom. The van der Waals surface area contributed by atoms with Crippen molar-refractivity contribution in [2.24, 2.45) is 5.73 Å². The smallest absolute Gasteiger partial charge is 0.229 e. The molecular weight excluding hydrogens is 436 g/mol. The van der Waals surface area contributed by atoms with Crippen molar-refractivity contribution in [2.45, 2.75) is 30.7 Å². The lowest BCUT2D eigenvalue weighted by molar-refractivity contribution is -0.277. The van der Waals surface area contributed by atoms with Gasteiger partial charge in [0, 0.05) is 6.07 Å². The van der Waals surface area contributed by atoms with E-state index in [0.717, 1.165) is 0 Å². The highest BCUT2D eigenvalue weighted by atomic mass is 16.7. The summed E-state index contributed by atoms with van der Waals surface area (Å²) in [4.78, 5) is 12.8. The van der Waals surface area contributed by atoms with Gasteiger partial charge in [0.2, 0.25) is 6.29 Å². The van der Waals surface area contributed by atoms with Crippen molar-refractivity contribution in [1.82, 2.24) is 0 Å². The number of fused-ring (bicyclic) bond motifs is 1. The Morgan fingerprint density at radius 1 is 1.06 bits per heavy atom. The van der Waals surface area contributed by atoms with Crippen molar-refractivity contribution < 1.29 is 39.4 Å². The average molecular weight is 458 g/mol. The van der Waals surface area contributed by atoms with E-state index in [4.69, 9.17) is 19.2 Å². The standard InChI is InChI=1S/C21H20O9.CH2N2/c22-8-16-18(25)19(26)20(27)21(30-16)29-12-5-6-13-15(7-12)28-9-14(17(13)24)10-1-3-11(23)4-2-10;2-1-3/h1-7,9,16,18-23,25-27H,8H2;2H2/t16-,18-,19+,20-,21?;/m1./s1. The second kappa shape index (κ2) is 10.3. The van der Waals surface area contributed by atoms with Gasteiger partial charge in [0.25, 0.3) is 0 Å². The molecule has 1 unspecified atom stereocenters. The zero-order valence-electron chi connectivity index (χ0n) is 17.1. The number of aliphatic hydroxyl groups excluding tert-OH is 4. The molecule has 1 fully saturated rings. The van der Waals surface area contributed by atoms with Crippen LogP contribution in [0.1, 0.15) is 0 Å². The number of nitrogens with two attached hydrogens (primary N) is 1. The molecule has 0 amide bonds. The molecule has 11 nitrogen and oxygen atoms in total. The zero-order valence-corrected chi connectivity index (χ0v) is 17.1. The Morgan fingerprint density at radius 2 is 1.73 bits per heavy atom. The Balaban J connectivity index is 0.000000968. The predicted molar refractivity (Wildman–Crippen MR) is 114 cm³/mol. The minimum atomic E-state index is -1.56. The molecule has 1 aliphatic heterocycles. The van der Waals surface area contributed by atoms with Crippen LogP contribution >= 0.6 is 0 Å². The van der Waals surface area contributed by atoms with Crippen LogP contribution in [0.2, 0.25) is 0 Å². The van der Waals surface area contributed by atoms with Gasteiger partial charge in [0.05, 0.1) is 17.6 Å². The first-order valence-corrected chi connectivity index (χ1v) is 9.72. The SMILES string of the molecule is N#CN.O=c1c(-c2ccc(O)cc2)coc2cc(OC3O[C@H](CO)[C@@H](O)[C@H](O)[C@H]3O)ccc12. The molecule has 3 aromatic rings. The van der Waals surface area contributed by atoms with Crippen LogP contribution in [-0.2, 0) is 4.74 Å². The quantitative estimate of drug-likeness (QED) is 0.223. The summed E-state index contributed by atoms with van der Waals surface area (Å²) in [6.45, 7) is -0.572. The molecule has 1 aromatic heterocycles. The van der Waals surface area contributed by atoms with Crippen LogP contribution in [0.3, 0.4) is 0 Å². The summed E-state index contributed by atoms with van der Waals surface area (Å²) in [5, 5.41) is 55.8. The molecule has 2 aromatic carbocycles. The van der Waals surface area contributed by atoms with Gasteiger partial charge in [-0.25, -0.2) is 0 Å². The van der Waals surface area contributed by atoms with Gasteiger partial charge in [-0.3, -0.25) is 4.79 Å². The first-order chi connectivity index (χ1) is 15.8. The zero-order chi connectivity index (χ0) is 24.1. The molecule has 33 heavy (non-hydrogen) atoms. The van der Waals surface area contributed by atoms with E-state index in [0.29, 0.717) is 16.5 Å². The number of aromatic hydroxyl groups is 1. The van der Waals surface area contributed by atoms with Gasteiger partial charge in [-0.1, -0.05) is 12.1 Å². The van der Waals surface area contributed by atoms with E-state index in [9.17, 15) is 30.3 Å². The fourth-order valence-electron chi connectivity index (χ4n) is 3.32. The van der Waals surface area contributed by atoms with Gasteiger partial charge in [-0.2, -0.15) is 5.26 Å². The normalized spacial score (nSPS) is 24.4. The number of aliphatic hydroxyl groups is 4. The van der Waals surface area contributed by atoms with E-state index in [1.54, 1.807) is 12.1 Å². The highest BCUT2D eigenvalue weighted by Gasteiger charge is 2.44. The number of hydrogen-bond acceptors (Lipinski definition) is 11. The van der Waals surface area contributed by atoms with Crippen molar-refractivity contribution >= 4 is 11.0 Å². The number of phenols is 1. The van der Waals surface area contributed by atoms with E-state index in [-0.39, 0.29) is 22.5 Å². The Labute approximate surface area is 187 Å². The topological polar surface area (TPSA) is 200 Å². The molecule has 174 valence electrons. The lowest BCUT2D eigenvalue weighted by atomic mass is 9.99. The van der Waals surface area contributed by atoms with Crippen molar-refractivity contribution in [3.05, 3.63) is 59.0 Å². The van der Waals surface area contributed by atoms with Crippen molar-refractivity contribution in [3.8, 4) is 28.8 Å². The lowest BCUT2D eigenvalue weighted by Gasteiger charge is -2.39. The third-order valence-electron chi connectivity index (χ3n) is 5.03. The molecular formula is C22H22N2O9. The van der Waals surface area contributed by atoms with Crippen LogP contribution in [0.25, 0.3) is 22.1 Å². The number of nitriles is 1. The molecule has 0 aliphatic carbocycles. The number of phenolic OH excluding ortho intramolecular Hbond substituents is 1. The number of rotatable bonds is 4. The molecule has 4 rings (SSSR count). The van der Waals surface area contributed by atoms with E-state index in [1.807, 2.05) is 0 Å². The van der Waals surface area contributed by atoms with E-state index >= 15 is 0 Å². The molecule has 11 heteroatoms. The summed E-state index contributed by atoms with van der Waals surface area (Å²) in [6, 6.07) is 10.5. The highest BCUT2D eigenvalue weighted by Crippen LogP contribution is 2.27. The predicted octanol–water partition coefficient (Wildman–Crippen LogP) is -0.230. The van der Waals surface area contributed by atoms with Crippen LogP contribution in [0.15, 0.2) is 57.9 Å². The van der Waals surface area contributed by atoms with Crippen LogP contribution in [0.4, 0.5) is 0 Å². The summed E-state index contributed by atoms with van der Waals surface area (Å²) in [5.74, 6) is 0.270. The number of ether oxygens (including phenoxy) is 2. The third kappa shape index (κ3) is 5.06. The molecule has 0 bridgehead atoms. The number of nitrogens with zero attached hydrogens (tertiary/aromatic N) is 1. The molecule has 5 atom stereocenters. The molecule has 2 heterocycles. The average Bonchev–Trinajstić information content (AvgIpc) is 2.81. The summed E-state index contributed by atoms with van der Waals surface area (Å²) >= 11 is 0. The van der Waals surface area contributed by atoms with Gasteiger partial charge in [-0.05, 0) is 29.8 Å². The molecule has 1 aliphatic rings. The van der Waals surface area contributed by atoms with E-state index in [1.165, 1.54) is 42.8 Å². The van der Waals surface area contributed by atoms with Gasteiger partial charge < -0.3 is 45.2 Å². The molecule has 0 radical (unpaired) electrons. The first kappa shape index (κ1) is 24.0. The Hall–Kier alpha value is -3.66. The monoisotopic (exact) mass is 458 g/mol. The molecule has 7 N–H and O–H groups in total. The minimum Gasteiger partial charge on any atom is -0.508 e. The van der Waals surface area contributed by atoms with Gasteiger partial charge in [0.15, 0.2) is 11.6 Å². The highest BCUT2D eigenvalue weighted by molar-refractivity contribution is 5.82. The second-order valence-electron chi connectivity index (χ2n) is 7.13. The van der Waals surface area contributed by atoms with Gasteiger partial charge in [-0.15, -0.1) is 0 Å². The van der Waals surface area contributed by atoms with E-state index in [2.05, 4.69) is 5.73 Å². The molecule has 0 spiro atoms. The fraction of sp³-hybridized carbons (Fsp3) is 0.273. The van der Waals surface area contributed by atoms with Gasteiger partial charge in [0.1, 0.15) is 47.8 Å². The third-order valence-corrected chi connectivity index (χ3v) is 5.03. The second-order valence-corrected chi connectivity index (χ2v) is 7.13. The fourth-order valence-corrected chi connectivity index (χ4v) is 3.32. The molecule has 0 saturated carbocycles. The van der Waals surface area contributed by atoms with Crippen LogP contribution in [-0.4, -0.2) is 62.8 Å². The van der Waals surface area contributed by atoms with Crippen LogP contribution in [0.5, 0.6) is 11.5 Å². The van der Waals surface area contributed by atoms with E-state index < -0.39 is 37.3 Å². The number of hydrogen-bond donors (Lipinski definition) is 6. The maximum absolute atomic E-state index is 12.8. The largest absolute Gasteiger partial charge is 0.508 e. The molecule has 1 saturated heterocycles. The Kier molecular flexibility index (Phi) is 7.49. The maximum atomic E-state index is 12.8. The lowest BCUT2D eigenvalue weighted by Crippen LogP contribution is -2.60. The number of benzene rings is 2. The van der Waals surface area contributed by atoms with Gasteiger partial charge >= 0.3 is 0 Å².